The topological polar surface area (TPSA) is 66.5 Å². The van der Waals surface area contributed by atoms with Crippen molar-refractivity contribution in [3.63, 3.8) is 0 Å². The van der Waals surface area contributed by atoms with E-state index in [-0.39, 0.29) is 0 Å². The second-order valence-corrected chi connectivity index (χ2v) is 5.84. The van der Waals surface area contributed by atoms with Gasteiger partial charge in [-0.3, -0.25) is 0 Å². The second kappa shape index (κ2) is 6.97. The van der Waals surface area contributed by atoms with Crippen molar-refractivity contribution >= 4 is 5.82 Å². The molecule has 0 atom stereocenters. The number of aromatic nitrogens is 3. The number of rotatable bonds is 5. The van der Waals surface area contributed by atoms with Crippen LogP contribution in [0.5, 0.6) is 0 Å². The van der Waals surface area contributed by atoms with Crippen LogP contribution in [0.3, 0.4) is 0 Å². The van der Waals surface area contributed by atoms with Crippen molar-refractivity contribution in [2.45, 2.75) is 26.3 Å². The SMILES string of the molecule is CC(C)c1nn(-c2ccccc2)cc1CNc1ncccc1C#N. The van der Waals surface area contributed by atoms with Crippen molar-refractivity contribution in [3.8, 4) is 11.8 Å². The van der Waals surface area contributed by atoms with Crippen molar-refractivity contribution in [1.29, 1.82) is 5.26 Å². The average molecular weight is 317 g/mol. The molecule has 120 valence electrons. The molecule has 3 aromatic rings. The molecule has 0 saturated heterocycles. The minimum atomic E-state index is 0.311. The first-order valence-electron chi connectivity index (χ1n) is 7.92. The van der Waals surface area contributed by atoms with Gasteiger partial charge in [0.05, 0.1) is 16.9 Å². The fraction of sp³-hybridized carbons (Fsp3) is 0.211. The number of hydrogen-bond acceptors (Lipinski definition) is 4. The van der Waals surface area contributed by atoms with Crippen molar-refractivity contribution < 1.29 is 0 Å². The van der Waals surface area contributed by atoms with Gasteiger partial charge in [-0.15, -0.1) is 0 Å². The van der Waals surface area contributed by atoms with Crippen molar-refractivity contribution in [2.24, 2.45) is 0 Å². The first-order valence-corrected chi connectivity index (χ1v) is 7.92. The third-order valence-electron chi connectivity index (χ3n) is 3.76. The van der Waals surface area contributed by atoms with Crippen LogP contribution >= 0.6 is 0 Å². The smallest absolute Gasteiger partial charge is 0.144 e. The Labute approximate surface area is 141 Å². The summed E-state index contributed by atoms with van der Waals surface area (Å²) in [5.41, 5.74) is 3.71. The maximum absolute atomic E-state index is 9.16. The fourth-order valence-electron chi connectivity index (χ4n) is 2.57. The molecule has 0 saturated carbocycles. The minimum absolute atomic E-state index is 0.311. The third kappa shape index (κ3) is 3.28. The van der Waals surface area contributed by atoms with Gasteiger partial charge in [0.25, 0.3) is 0 Å². The molecule has 3 rings (SSSR count). The van der Waals surface area contributed by atoms with Crippen LogP contribution in [0.4, 0.5) is 5.82 Å². The summed E-state index contributed by atoms with van der Waals surface area (Å²) < 4.78 is 1.90. The van der Waals surface area contributed by atoms with Gasteiger partial charge >= 0.3 is 0 Å². The Morgan fingerprint density at radius 3 is 2.67 bits per heavy atom. The van der Waals surface area contributed by atoms with Crippen molar-refractivity contribution in [1.82, 2.24) is 14.8 Å². The van der Waals surface area contributed by atoms with Gasteiger partial charge in [0.1, 0.15) is 11.9 Å². The quantitative estimate of drug-likeness (QED) is 0.775. The Hall–Kier alpha value is -3.13. The summed E-state index contributed by atoms with van der Waals surface area (Å²) in [5, 5.41) is 17.1. The molecule has 0 aliphatic heterocycles. The molecular weight excluding hydrogens is 298 g/mol. The van der Waals surface area contributed by atoms with E-state index in [4.69, 9.17) is 10.4 Å². The summed E-state index contributed by atoms with van der Waals surface area (Å²) in [6.07, 6.45) is 3.71. The molecule has 0 bridgehead atoms. The van der Waals surface area contributed by atoms with Gasteiger partial charge in [-0.05, 0) is 30.2 Å². The molecule has 1 N–H and O–H groups in total. The number of pyridine rings is 1. The molecule has 0 unspecified atom stereocenters. The number of benzene rings is 1. The minimum Gasteiger partial charge on any atom is -0.365 e. The first kappa shape index (κ1) is 15.8. The lowest BCUT2D eigenvalue weighted by Gasteiger charge is -2.08. The Balaban J connectivity index is 1.87. The van der Waals surface area contributed by atoms with Gasteiger partial charge in [-0.2, -0.15) is 10.4 Å². The average Bonchev–Trinajstić information content (AvgIpc) is 3.05. The van der Waals surface area contributed by atoms with Gasteiger partial charge in [0, 0.05) is 24.5 Å². The van der Waals surface area contributed by atoms with Crippen LogP contribution in [0.25, 0.3) is 5.69 Å². The summed E-state index contributed by atoms with van der Waals surface area (Å²) in [6, 6.07) is 15.7. The van der Waals surface area contributed by atoms with E-state index in [1.807, 2.05) is 41.2 Å². The highest BCUT2D eigenvalue weighted by Crippen LogP contribution is 2.21. The summed E-state index contributed by atoms with van der Waals surface area (Å²) >= 11 is 0. The maximum Gasteiger partial charge on any atom is 0.144 e. The summed E-state index contributed by atoms with van der Waals surface area (Å²) in [7, 11) is 0. The molecule has 1 aromatic carbocycles. The predicted octanol–water partition coefficient (Wildman–Crippen LogP) is 3.87. The van der Waals surface area contributed by atoms with E-state index >= 15 is 0 Å². The van der Waals surface area contributed by atoms with Crippen LogP contribution in [0, 0.1) is 11.3 Å². The predicted molar refractivity (Wildman–Crippen MR) is 93.9 cm³/mol. The molecule has 5 heteroatoms. The molecule has 0 fully saturated rings. The van der Waals surface area contributed by atoms with E-state index in [2.05, 4.69) is 30.2 Å². The standard InChI is InChI=1S/C19H19N5/c1-14(2)18-16(12-22-19-15(11-20)7-6-10-21-19)13-24(23-18)17-8-4-3-5-9-17/h3-10,13-14H,12H2,1-2H3,(H,21,22). The van der Waals surface area contributed by atoms with Gasteiger partial charge in [-0.25, -0.2) is 9.67 Å². The molecule has 0 aliphatic rings. The fourth-order valence-corrected chi connectivity index (χ4v) is 2.57. The normalized spacial score (nSPS) is 10.6. The highest BCUT2D eigenvalue weighted by molar-refractivity contribution is 5.51. The number of para-hydroxylation sites is 1. The van der Waals surface area contributed by atoms with E-state index in [0.717, 1.165) is 16.9 Å². The van der Waals surface area contributed by atoms with E-state index in [0.29, 0.717) is 23.8 Å². The van der Waals surface area contributed by atoms with Crippen molar-refractivity contribution in [3.05, 3.63) is 71.7 Å². The Kier molecular flexibility index (Phi) is 4.57. The Bertz CT molecular complexity index is 859. The van der Waals surface area contributed by atoms with Gasteiger partial charge in [0.2, 0.25) is 0 Å². The lowest BCUT2D eigenvalue weighted by molar-refractivity contribution is 0.763. The van der Waals surface area contributed by atoms with Crippen LogP contribution in [-0.4, -0.2) is 14.8 Å². The van der Waals surface area contributed by atoms with Crippen LogP contribution in [0.15, 0.2) is 54.9 Å². The van der Waals surface area contributed by atoms with Crippen molar-refractivity contribution in [2.75, 3.05) is 5.32 Å². The zero-order valence-electron chi connectivity index (χ0n) is 13.8. The van der Waals surface area contributed by atoms with E-state index in [1.165, 1.54) is 0 Å². The monoisotopic (exact) mass is 317 g/mol. The lowest BCUT2D eigenvalue weighted by atomic mass is 10.1. The van der Waals surface area contributed by atoms with Crippen LogP contribution in [-0.2, 0) is 6.54 Å². The van der Waals surface area contributed by atoms with Crippen LogP contribution < -0.4 is 5.32 Å². The first-order chi connectivity index (χ1) is 11.7. The lowest BCUT2D eigenvalue weighted by Crippen LogP contribution is -2.05. The number of nitriles is 1. The van der Waals surface area contributed by atoms with E-state index < -0.39 is 0 Å². The number of nitrogens with zero attached hydrogens (tertiary/aromatic N) is 4. The van der Waals surface area contributed by atoms with E-state index in [1.54, 1.807) is 18.3 Å². The van der Waals surface area contributed by atoms with Gasteiger partial charge < -0.3 is 5.32 Å². The molecule has 0 radical (unpaired) electrons. The summed E-state index contributed by atoms with van der Waals surface area (Å²) in [5.74, 6) is 0.910. The maximum atomic E-state index is 9.16. The number of anilines is 1. The highest BCUT2D eigenvalue weighted by Gasteiger charge is 2.14. The molecule has 24 heavy (non-hydrogen) atoms. The molecule has 2 heterocycles. The second-order valence-electron chi connectivity index (χ2n) is 5.84. The van der Waals surface area contributed by atoms with E-state index in [9.17, 15) is 0 Å². The number of nitrogens with one attached hydrogen (secondary N) is 1. The molecule has 2 aromatic heterocycles. The molecular formula is C19H19N5. The zero-order chi connectivity index (χ0) is 16.9. The van der Waals surface area contributed by atoms with Gasteiger partial charge in [-0.1, -0.05) is 32.0 Å². The zero-order valence-corrected chi connectivity index (χ0v) is 13.8. The van der Waals surface area contributed by atoms with Crippen LogP contribution in [0.1, 0.15) is 36.6 Å². The molecule has 0 amide bonds. The molecule has 0 spiro atoms. The summed E-state index contributed by atoms with van der Waals surface area (Å²) in [6.45, 7) is 4.83. The number of hydrogen-bond donors (Lipinski definition) is 1. The highest BCUT2D eigenvalue weighted by atomic mass is 15.3. The summed E-state index contributed by atoms with van der Waals surface area (Å²) in [4.78, 5) is 4.24. The molecule has 5 nitrogen and oxygen atoms in total. The Morgan fingerprint density at radius 1 is 1.17 bits per heavy atom. The molecule has 0 aliphatic carbocycles. The Morgan fingerprint density at radius 2 is 1.96 bits per heavy atom. The third-order valence-corrected chi connectivity index (χ3v) is 3.76. The largest absolute Gasteiger partial charge is 0.365 e. The van der Waals surface area contributed by atoms with Crippen LogP contribution in [0.2, 0.25) is 0 Å². The van der Waals surface area contributed by atoms with Gasteiger partial charge in [0.15, 0.2) is 0 Å².